The molecule has 1 aromatic carbocycles. The maximum absolute atomic E-state index is 11.7. The molecular weight excluding hydrogens is 449 g/mol. The molecule has 0 radical (unpaired) electrons. The molecule has 146 valence electrons. The molecule has 8 nitrogen and oxygen atoms in total. The molecule has 0 aliphatic rings. The van der Waals surface area contributed by atoms with Crippen LogP contribution in [0.25, 0.3) is 0 Å². The summed E-state index contributed by atoms with van der Waals surface area (Å²) < 4.78 is 0. The molecule has 0 fully saturated rings. The number of likely N-dealkylation sites (N-methyl/N-ethyl adjacent to an activating group) is 1. The maximum atomic E-state index is 11.7. The third-order valence-corrected chi connectivity index (χ3v) is 3.49. The molecule has 0 saturated carbocycles. The molecular formula is C17H28IN5O3. The fourth-order valence-corrected chi connectivity index (χ4v) is 1.86. The number of halogens is 1. The van der Waals surface area contributed by atoms with E-state index in [2.05, 4.69) is 29.5 Å². The van der Waals surface area contributed by atoms with Gasteiger partial charge in [0.05, 0.1) is 18.0 Å². The number of benzene rings is 1. The quantitative estimate of drug-likeness (QED) is 0.197. The zero-order valence-electron chi connectivity index (χ0n) is 15.7. The topological polar surface area (TPSA) is 99.9 Å². The van der Waals surface area contributed by atoms with Gasteiger partial charge in [-0.2, -0.15) is 0 Å². The Morgan fingerprint density at radius 1 is 1.23 bits per heavy atom. The number of nitrogens with one attached hydrogen (secondary N) is 2. The molecule has 1 rings (SSSR count). The number of carbonyl (C=O) groups is 1. The lowest BCUT2D eigenvalue weighted by molar-refractivity contribution is -0.384. The van der Waals surface area contributed by atoms with Crippen LogP contribution in [0.1, 0.15) is 25.8 Å². The Labute approximate surface area is 171 Å². The van der Waals surface area contributed by atoms with Gasteiger partial charge in [0.1, 0.15) is 0 Å². The summed E-state index contributed by atoms with van der Waals surface area (Å²) in [6.07, 6.45) is 0.986. The van der Waals surface area contributed by atoms with Gasteiger partial charge in [0.25, 0.3) is 5.69 Å². The van der Waals surface area contributed by atoms with Crippen molar-refractivity contribution in [3.8, 4) is 0 Å². The van der Waals surface area contributed by atoms with E-state index >= 15 is 0 Å². The molecule has 0 aliphatic heterocycles. The van der Waals surface area contributed by atoms with Crippen LogP contribution in [0, 0.1) is 16.0 Å². The molecule has 0 unspecified atom stereocenters. The Kier molecular flexibility index (Phi) is 11.5. The van der Waals surface area contributed by atoms with Crippen LogP contribution in [-0.4, -0.2) is 48.9 Å². The fraction of sp³-hybridized carbons (Fsp3) is 0.529. The number of nitro benzene ring substituents is 1. The minimum Gasteiger partial charge on any atom is -0.356 e. The lowest BCUT2D eigenvalue weighted by Crippen LogP contribution is -2.43. The molecule has 0 bridgehead atoms. The minimum absolute atomic E-state index is 0. The van der Waals surface area contributed by atoms with Gasteiger partial charge in [0, 0.05) is 32.8 Å². The highest BCUT2D eigenvalue weighted by Crippen LogP contribution is 2.12. The Morgan fingerprint density at radius 3 is 2.35 bits per heavy atom. The van der Waals surface area contributed by atoms with Crippen molar-refractivity contribution in [2.75, 3.05) is 27.2 Å². The number of amides is 1. The van der Waals surface area contributed by atoms with Crippen molar-refractivity contribution in [3.63, 3.8) is 0 Å². The summed E-state index contributed by atoms with van der Waals surface area (Å²) in [5.41, 5.74) is 0.909. The Morgan fingerprint density at radius 2 is 1.85 bits per heavy atom. The number of hydrogen-bond donors (Lipinski definition) is 2. The lowest BCUT2D eigenvalue weighted by atomic mass is 10.1. The van der Waals surface area contributed by atoms with E-state index in [4.69, 9.17) is 0 Å². The predicted octanol–water partition coefficient (Wildman–Crippen LogP) is 2.38. The molecule has 9 heteroatoms. The van der Waals surface area contributed by atoms with Gasteiger partial charge in [0.2, 0.25) is 5.91 Å². The third kappa shape index (κ3) is 9.54. The van der Waals surface area contributed by atoms with Crippen molar-refractivity contribution < 1.29 is 9.72 Å². The van der Waals surface area contributed by atoms with Gasteiger partial charge in [0.15, 0.2) is 5.96 Å². The van der Waals surface area contributed by atoms with E-state index < -0.39 is 4.92 Å². The summed E-state index contributed by atoms with van der Waals surface area (Å²) in [7, 11) is 3.40. The number of hydrogen-bond acceptors (Lipinski definition) is 4. The molecule has 2 N–H and O–H groups in total. The van der Waals surface area contributed by atoms with Gasteiger partial charge < -0.3 is 15.5 Å². The van der Waals surface area contributed by atoms with Crippen LogP contribution in [0.15, 0.2) is 29.3 Å². The second-order valence-electron chi connectivity index (χ2n) is 6.34. The molecule has 1 amide bonds. The predicted molar refractivity (Wildman–Crippen MR) is 114 cm³/mol. The first-order valence-electron chi connectivity index (χ1n) is 8.25. The summed E-state index contributed by atoms with van der Waals surface area (Å²) in [4.78, 5) is 27.9. The summed E-state index contributed by atoms with van der Waals surface area (Å²) in [6, 6.07) is 6.27. The molecule has 0 heterocycles. The van der Waals surface area contributed by atoms with Gasteiger partial charge in [-0.25, -0.2) is 4.99 Å². The number of carbonyl (C=O) groups excluding carboxylic acids is 1. The largest absolute Gasteiger partial charge is 0.356 e. The molecule has 26 heavy (non-hydrogen) atoms. The average molecular weight is 477 g/mol. The van der Waals surface area contributed by atoms with Crippen LogP contribution >= 0.6 is 24.0 Å². The highest BCUT2D eigenvalue weighted by Gasteiger charge is 2.07. The zero-order chi connectivity index (χ0) is 18.8. The van der Waals surface area contributed by atoms with E-state index in [1.54, 1.807) is 26.2 Å². The van der Waals surface area contributed by atoms with Crippen molar-refractivity contribution >= 4 is 41.5 Å². The number of nitrogens with zero attached hydrogens (tertiary/aromatic N) is 3. The molecule has 0 aromatic heterocycles. The van der Waals surface area contributed by atoms with E-state index in [-0.39, 0.29) is 42.1 Å². The van der Waals surface area contributed by atoms with Crippen molar-refractivity contribution in [2.24, 2.45) is 10.9 Å². The van der Waals surface area contributed by atoms with Gasteiger partial charge in [-0.3, -0.25) is 14.9 Å². The van der Waals surface area contributed by atoms with Crippen molar-refractivity contribution in [3.05, 3.63) is 39.9 Å². The summed E-state index contributed by atoms with van der Waals surface area (Å²) >= 11 is 0. The van der Waals surface area contributed by atoms with Gasteiger partial charge in [-0.1, -0.05) is 26.0 Å². The smallest absolute Gasteiger partial charge is 0.269 e. The lowest BCUT2D eigenvalue weighted by Gasteiger charge is -2.15. The Bertz CT molecular complexity index is 603. The minimum atomic E-state index is -0.430. The van der Waals surface area contributed by atoms with E-state index in [0.29, 0.717) is 18.4 Å². The average Bonchev–Trinajstić information content (AvgIpc) is 2.56. The number of guanidine groups is 1. The first-order valence-corrected chi connectivity index (χ1v) is 8.25. The van der Waals surface area contributed by atoms with Crippen molar-refractivity contribution in [2.45, 2.75) is 26.8 Å². The van der Waals surface area contributed by atoms with Gasteiger partial charge >= 0.3 is 0 Å². The van der Waals surface area contributed by atoms with Crippen LogP contribution in [0.4, 0.5) is 5.69 Å². The highest BCUT2D eigenvalue weighted by molar-refractivity contribution is 14.0. The van der Waals surface area contributed by atoms with E-state index in [1.807, 2.05) is 0 Å². The van der Waals surface area contributed by atoms with Crippen LogP contribution in [-0.2, 0) is 11.3 Å². The SMILES string of the molecule is CC(C)CCNC(=NCc1ccc([N+](=O)[O-])cc1)NCC(=O)N(C)C.I. The van der Waals surface area contributed by atoms with Crippen LogP contribution in [0.5, 0.6) is 0 Å². The summed E-state index contributed by atoms with van der Waals surface area (Å²) in [6.45, 7) is 5.54. The molecule has 0 atom stereocenters. The van der Waals surface area contributed by atoms with E-state index in [0.717, 1.165) is 18.5 Å². The van der Waals surface area contributed by atoms with Crippen molar-refractivity contribution in [1.82, 2.24) is 15.5 Å². The molecule has 1 aromatic rings. The monoisotopic (exact) mass is 477 g/mol. The Hall–Kier alpha value is -1.91. The van der Waals surface area contributed by atoms with Gasteiger partial charge in [-0.15, -0.1) is 24.0 Å². The molecule has 0 spiro atoms. The first-order chi connectivity index (χ1) is 11.8. The summed E-state index contributed by atoms with van der Waals surface area (Å²) in [5.74, 6) is 1.06. The van der Waals surface area contributed by atoms with Crippen LogP contribution < -0.4 is 10.6 Å². The standard InChI is InChI=1S/C17H27N5O3.HI/c1-13(2)9-10-18-17(20-12-16(23)21(3)4)19-11-14-5-7-15(8-6-14)22(24)25;/h5-8,13H,9-12H2,1-4H3,(H2,18,19,20);1H. The second-order valence-corrected chi connectivity index (χ2v) is 6.34. The highest BCUT2D eigenvalue weighted by atomic mass is 127. The third-order valence-electron chi connectivity index (χ3n) is 3.49. The zero-order valence-corrected chi connectivity index (χ0v) is 18.0. The van der Waals surface area contributed by atoms with Crippen LogP contribution in [0.3, 0.4) is 0 Å². The fourth-order valence-electron chi connectivity index (χ4n) is 1.86. The summed E-state index contributed by atoms with van der Waals surface area (Å²) in [5, 5.41) is 16.9. The number of rotatable bonds is 8. The van der Waals surface area contributed by atoms with Crippen LogP contribution in [0.2, 0.25) is 0 Å². The van der Waals surface area contributed by atoms with E-state index in [1.165, 1.54) is 17.0 Å². The number of non-ortho nitro benzene ring substituents is 1. The molecule has 0 saturated heterocycles. The van der Waals surface area contributed by atoms with E-state index in [9.17, 15) is 14.9 Å². The van der Waals surface area contributed by atoms with Crippen molar-refractivity contribution in [1.29, 1.82) is 0 Å². The molecule has 0 aliphatic carbocycles. The second kappa shape index (κ2) is 12.4. The normalized spacial score (nSPS) is 10.9. The maximum Gasteiger partial charge on any atom is 0.269 e. The number of nitro groups is 1. The Balaban J connectivity index is 0.00000625. The first kappa shape index (κ1) is 24.1. The number of aliphatic imine (C=N–C) groups is 1. The van der Waals surface area contributed by atoms with Gasteiger partial charge in [-0.05, 0) is 17.9 Å².